The Balaban J connectivity index is 4.13. The van der Waals surface area contributed by atoms with Gasteiger partial charge in [0.1, 0.15) is 0 Å². The summed E-state index contributed by atoms with van der Waals surface area (Å²) in [7, 11) is 0. The van der Waals surface area contributed by atoms with Crippen molar-refractivity contribution in [3.63, 3.8) is 0 Å². The fourth-order valence-electron chi connectivity index (χ4n) is 1.37. The lowest BCUT2D eigenvalue weighted by atomic mass is 10.1. The maximum atomic E-state index is 13.1. The second-order valence-corrected chi connectivity index (χ2v) is 4.06. The first kappa shape index (κ1) is 18.7. The van der Waals surface area contributed by atoms with Crippen LogP contribution in [0.1, 0.15) is 39.5 Å². The molecule has 0 aliphatic rings. The summed E-state index contributed by atoms with van der Waals surface area (Å²) in [5, 5.41) is 0. The van der Waals surface area contributed by atoms with Gasteiger partial charge in [-0.1, -0.05) is 0 Å². The molecule has 0 aliphatic heterocycles. The number of esters is 2. The Morgan fingerprint density at radius 1 is 0.800 bits per heavy atom. The summed E-state index contributed by atoms with van der Waals surface area (Å²) in [6.07, 6.45) is -2.46. The Hall–Kier alpha value is -1.34. The maximum Gasteiger partial charge on any atom is 0.376 e. The number of rotatable bonds is 9. The SMILES string of the molecule is CCOC(=O)C(F)(F)CCCCC(F)(F)C(=O)OCC. The molecule has 118 valence electrons. The van der Waals surface area contributed by atoms with Gasteiger partial charge in [-0.15, -0.1) is 0 Å². The van der Waals surface area contributed by atoms with Gasteiger partial charge in [0.05, 0.1) is 13.2 Å². The number of carbonyl (C=O) groups is 2. The molecule has 0 heterocycles. The van der Waals surface area contributed by atoms with E-state index in [0.29, 0.717) is 0 Å². The third kappa shape index (κ3) is 6.21. The van der Waals surface area contributed by atoms with Crippen LogP contribution in [0.2, 0.25) is 0 Å². The summed E-state index contributed by atoms with van der Waals surface area (Å²) < 4.78 is 60.9. The van der Waals surface area contributed by atoms with Crippen LogP contribution in [0.4, 0.5) is 17.6 Å². The van der Waals surface area contributed by atoms with Gasteiger partial charge < -0.3 is 9.47 Å². The first-order valence-electron chi connectivity index (χ1n) is 6.27. The van der Waals surface area contributed by atoms with Crippen LogP contribution < -0.4 is 0 Å². The monoisotopic (exact) mass is 302 g/mol. The Morgan fingerprint density at radius 3 is 1.35 bits per heavy atom. The van der Waals surface area contributed by atoms with E-state index < -0.39 is 36.6 Å². The minimum Gasteiger partial charge on any atom is -0.462 e. The van der Waals surface area contributed by atoms with Crippen molar-refractivity contribution >= 4 is 11.9 Å². The average molecular weight is 302 g/mol. The predicted octanol–water partition coefficient (Wildman–Crippen LogP) is 2.94. The summed E-state index contributed by atoms with van der Waals surface area (Å²) in [6, 6.07) is 0. The van der Waals surface area contributed by atoms with Crippen molar-refractivity contribution < 1.29 is 36.6 Å². The Bertz CT molecular complexity index is 299. The second-order valence-electron chi connectivity index (χ2n) is 4.06. The molecule has 0 radical (unpaired) electrons. The van der Waals surface area contributed by atoms with Crippen molar-refractivity contribution in [3.05, 3.63) is 0 Å². The normalized spacial score (nSPS) is 12.1. The molecule has 0 aromatic heterocycles. The van der Waals surface area contributed by atoms with Gasteiger partial charge >= 0.3 is 23.8 Å². The average Bonchev–Trinajstić information content (AvgIpc) is 2.35. The summed E-state index contributed by atoms with van der Waals surface area (Å²) in [5.41, 5.74) is 0. The fraction of sp³-hybridized carbons (Fsp3) is 0.833. The van der Waals surface area contributed by atoms with E-state index in [0.717, 1.165) is 0 Å². The van der Waals surface area contributed by atoms with Crippen molar-refractivity contribution in [2.75, 3.05) is 13.2 Å². The molecule has 0 aromatic rings. The minimum absolute atomic E-state index is 0.185. The van der Waals surface area contributed by atoms with Gasteiger partial charge in [-0.3, -0.25) is 0 Å². The first-order valence-corrected chi connectivity index (χ1v) is 6.27. The van der Waals surface area contributed by atoms with E-state index >= 15 is 0 Å². The zero-order chi connectivity index (χ0) is 15.8. The molecule has 0 atom stereocenters. The quantitative estimate of drug-likeness (QED) is 0.373. The van der Waals surface area contributed by atoms with Crippen molar-refractivity contribution in [1.29, 1.82) is 0 Å². The van der Waals surface area contributed by atoms with Gasteiger partial charge in [-0.05, 0) is 26.7 Å². The Kier molecular flexibility index (Phi) is 7.52. The van der Waals surface area contributed by atoms with Crippen LogP contribution >= 0.6 is 0 Å². The largest absolute Gasteiger partial charge is 0.462 e. The smallest absolute Gasteiger partial charge is 0.376 e. The molecule has 0 bridgehead atoms. The summed E-state index contributed by atoms with van der Waals surface area (Å²) in [5.74, 6) is -10.7. The van der Waals surface area contributed by atoms with Crippen molar-refractivity contribution in [2.24, 2.45) is 0 Å². The number of hydrogen-bond acceptors (Lipinski definition) is 4. The zero-order valence-corrected chi connectivity index (χ0v) is 11.4. The summed E-state index contributed by atoms with van der Waals surface area (Å²) in [4.78, 5) is 21.7. The van der Waals surface area contributed by atoms with Gasteiger partial charge in [-0.25, -0.2) is 9.59 Å². The van der Waals surface area contributed by atoms with E-state index in [4.69, 9.17) is 0 Å². The van der Waals surface area contributed by atoms with Gasteiger partial charge in [0.2, 0.25) is 0 Å². The van der Waals surface area contributed by atoms with Crippen LogP contribution in [0.5, 0.6) is 0 Å². The fourth-order valence-corrected chi connectivity index (χ4v) is 1.37. The van der Waals surface area contributed by atoms with Gasteiger partial charge in [0.15, 0.2) is 0 Å². The van der Waals surface area contributed by atoms with E-state index in [1.807, 2.05) is 0 Å². The molecule has 0 unspecified atom stereocenters. The van der Waals surface area contributed by atoms with E-state index in [1.165, 1.54) is 13.8 Å². The molecule has 0 saturated carbocycles. The predicted molar refractivity (Wildman–Crippen MR) is 61.6 cm³/mol. The van der Waals surface area contributed by atoms with Crippen molar-refractivity contribution in [3.8, 4) is 0 Å². The highest BCUT2D eigenvalue weighted by Gasteiger charge is 2.42. The number of alkyl halides is 4. The van der Waals surface area contributed by atoms with E-state index in [2.05, 4.69) is 9.47 Å². The first-order chi connectivity index (χ1) is 9.17. The van der Waals surface area contributed by atoms with Crippen LogP contribution in [0.15, 0.2) is 0 Å². The molecule has 0 fully saturated rings. The molecule has 0 aliphatic carbocycles. The highest BCUT2D eigenvalue weighted by molar-refractivity contribution is 5.77. The minimum atomic E-state index is -3.70. The lowest BCUT2D eigenvalue weighted by molar-refractivity contribution is -0.174. The number of unbranched alkanes of at least 4 members (excludes halogenated alkanes) is 1. The lowest BCUT2D eigenvalue weighted by Gasteiger charge is -2.16. The number of halogens is 4. The van der Waals surface area contributed by atoms with Crippen LogP contribution in [0.3, 0.4) is 0 Å². The molecule has 0 spiro atoms. The highest BCUT2D eigenvalue weighted by Crippen LogP contribution is 2.27. The van der Waals surface area contributed by atoms with Crippen LogP contribution in [-0.4, -0.2) is 37.0 Å². The molecule has 20 heavy (non-hydrogen) atoms. The zero-order valence-electron chi connectivity index (χ0n) is 11.4. The molecule has 4 nitrogen and oxygen atoms in total. The molecular weight excluding hydrogens is 284 g/mol. The van der Waals surface area contributed by atoms with Gasteiger partial charge in [0, 0.05) is 12.8 Å². The molecule has 0 amide bonds. The molecule has 8 heteroatoms. The van der Waals surface area contributed by atoms with Crippen LogP contribution in [-0.2, 0) is 19.1 Å². The molecule has 0 saturated heterocycles. The Labute approximate surface area is 114 Å². The molecular formula is C12H18F4O4. The van der Waals surface area contributed by atoms with Crippen LogP contribution in [0.25, 0.3) is 0 Å². The topological polar surface area (TPSA) is 52.6 Å². The number of ether oxygens (including phenoxy) is 2. The molecule has 0 N–H and O–H groups in total. The summed E-state index contributed by atoms with van der Waals surface area (Å²) in [6.45, 7) is 2.40. The van der Waals surface area contributed by atoms with E-state index in [9.17, 15) is 27.2 Å². The molecule has 0 rings (SSSR count). The van der Waals surface area contributed by atoms with Crippen LogP contribution in [0, 0.1) is 0 Å². The maximum absolute atomic E-state index is 13.1. The lowest BCUT2D eigenvalue weighted by Crippen LogP contribution is -2.32. The standard InChI is InChI=1S/C12H18F4O4/c1-3-19-9(17)11(13,14)7-5-6-8-12(15,16)10(18)20-4-2/h3-8H2,1-2H3. The third-order valence-corrected chi connectivity index (χ3v) is 2.38. The van der Waals surface area contributed by atoms with Crippen molar-refractivity contribution in [1.82, 2.24) is 0 Å². The number of hydrogen-bond donors (Lipinski definition) is 0. The van der Waals surface area contributed by atoms with Crippen molar-refractivity contribution in [2.45, 2.75) is 51.4 Å². The van der Waals surface area contributed by atoms with E-state index in [1.54, 1.807) is 0 Å². The summed E-state index contributed by atoms with van der Waals surface area (Å²) >= 11 is 0. The number of carbonyl (C=O) groups excluding carboxylic acids is 2. The molecule has 0 aromatic carbocycles. The Morgan fingerprint density at radius 2 is 1.10 bits per heavy atom. The third-order valence-electron chi connectivity index (χ3n) is 2.38. The van der Waals surface area contributed by atoms with Gasteiger partial charge in [-0.2, -0.15) is 17.6 Å². The van der Waals surface area contributed by atoms with E-state index in [-0.39, 0.29) is 26.1 Å². The second kappa shape index (κ2) is 8.06. The highest BCUT2D eigenvalue weighted by atomic mass is 19.3. The van der Waals surface area contributed by atoms with Gasteiger partial charge in [0.25, 0.3) is 0 Å².